The predicted molar refractivity (Wildman–Crippen MR) is 71.3 cm³/mol. The van der Waals surface area contributed by atoms with Gasteiger partial charge in [-0.2, -0.15) is 0 Å². The van der Waals surface area contributed by atoms with Crippen LogP contribution in [0.5, 0.6) is 0 Å². The summed E-state index contributed by atoms with van der Waals surface area (Å²) in [6.45, 7) is 2.94. The van der Waals surface area contributed by atoms with Gasteiger partial charge in [-0.25, -0.2) is 0 Å². The van der Waals surface area contributed by atoms with E-state index >= 15 is 0 Å². The fourth-order valence-corrected chi connectivity index (χ4v) is 3.09. The molecule has 2 heterocycles. The molecule has 2 aliphatic heterocycles. The van der Waals surface area contributed by atoms with Crippen LogP contribution in [0.25, 0.3) is 0 Å². The quantitative estimate of drug-likeness (QED) is 0.794. The summed E-state index contributed by atoms with van der Waals surface area (Å²) in [7, 11) is 0. The first kappa shape index (κ1) is 13.8. The van der Waals surface area contributed by atoms with Crippen LogP contribution in [0.15, 0.2) is 0 Å². The Morgan fingerprint density at radius 2 is 2.06 bits per heavy atom. The third-order valence-electron chi connectivity index (χ3n) is 4.24. The maximum atomic E-state index is 12.4. The van der Waals surface area contributed by atoms with Gasteiger partial charge in [-0.05, 0) is 38.1 Å². The third-order valence-corrected chi connectivity index (χ3v) is 4.24. The highest BCUT2D eigenvalue weighted by atomic mass is 16.3. The lowest BCUT2D eigenvalue weighted by Crippen LogP contribution is -2.46. The van der Waals surface area contributed by atoms with Gasteiger partial charge in [0.15, 0.2) is 0 Å². The predicted octanol–water partition coefficient (Wildman–Crippen LogP) is 1.14. The van der Waals surface area contributed by atoms with Crippen molar-refractivity contribution in [2.75, 3.05) is 26.2 Å². The van der Waals surface area contributed by atoms with E-state index in [1.54, 1.807) is 0 Å². The lowest BCUT2D eigenvalue weighted by atomic mass is 10.0. The van der Waals surface area contributed by atoms with Crippen LogP contribution in [0.4, 0.5) is 0 Å². The van der Waals surface area contributed by atoms with Crippen molar-refractivity contribution in [3.63, 3.8) is 0 Å². The molecule has 2 saturated heterocycles. The van der Waals surface area contributed by atoms with E-state index < -0.39 is 0 Å². The molecule has 2 aliphatic rings. The number of carbonyl (C=O) groups is 1. The van der Waals surface area contributed by atoms with E-state index in [9.17, 15) is 4.79 Å². The van der Waals surface area contributed by atoms with Gasteiger partial charge in [-0.15, -0.1) is 0 Å². The molecule has 4 heteroatoms. The zero-order chi connectivity index (χ0) is 12.8. The minimum absolute atomic E-state index is 0.0400. The second kappa shape index (κ2) is 7.10. The average molecular weight is 254 g/mol. The zero-order valence-electron chi connectivity index (χ0n) is 11.2. The molecule has 0 aromatic heterocycles. The lowest BCUT2D eigenvalue weighted by molar-refractivity contribution is -0.132. The maximum absolute atomic E-state index is 12.4. The van der Waals surface area contributed by atoms with E-state index in [2.05, 4.69) is 5.32 Å². The van der Waals surface area contributed by atoms with Crippen molar-refractivity contribution < 1.29 is 9.90 Å². The Morgan fingerprint density at radius 1 is 1.22 bits per heavy atom. The Balaban J connectivity index is 1.82. The number of hydrogen-bond donors (Lipinski definition) is 2. The van der Waals surface area contributed by atoms with Crippen molar-refractivity contribution in [2.45, 2.75) is 51.0 Å². The summed E-state index contributed by atoms with van der Waals surface area (Å²) in [4.78, 5) is 14.4. The maximum Gasteiger partial charge on any atom is 0.239 e. The molecular weight excluding hydrogens is 228 g/mol. The average Bonchev–Trinajstić information content (AvgIpc) is 2.77. The first-order valence-corrected chi connectivity index (χ1v) is 7.44. The fourth-order valence-electron chi connectivity index (χ4n) is 3.09. The summed E-state index contributed by atoms with van der Waals surface area (Å²) in [6, 6.07) is 0.0400. The van der Waals surface area contributed by atoms with Gasteiger partial charge in [-0.3, -0.25) is 4.79 Å². The largest absolute Gasteiger partial charge is 0.396 e. The second-order valence-corrected chi connectivity index (χ2v) is 5.66. The summed E-state index contributed by atoms with van der Waals surface area (Å²) in [5.41, 5.74) is 0. The molecule has 2 unspecified atom stereocenters. The number of nitrogens with one attached hydrogen (secondary N) is 1. The van der Waals surface area contributed by atoms with Gasteiger partial charge in [0.05, 0.1) is 6.04 Å². The van der Waals surface area contributed by atoms with E-state index in [1.807, 2.05) is 4.90 Å². The highest BCUT2D eigenvalue weighted by Crippen LogP contribution is 2.21. The zero-order valence-corrected chi connectivity index (χ0v) is 11.2. The van der Waals surface area contributed by atoms with Crippen LogP contribution in [0, 0.1) is 5.92 Å². The Labute approximate surface area is 110 Å². The Kier molecular flexibility index (Phi) is 5.45. The summed E-state index contributed by atoms with van der Waals surface area (Å²) < 4.78 is 0. The Bertz CT molecular complexity index is 263. The van der Waals surface area contributed by atoms with Gasteiger partial charge in [-0.1, -0.05) is 19.3 Å². The highest BCUT2D eigenvalue weighted by molar-refractivity contribution is 5.82. The van der Waals surface area contributed by atoms with Crippen LogP contribution in [0.3, 0.4) is 0 Å². The van der Waals surface area contributed by atoms with Crippen LogP contribution in [-0.4, -0.2) is 48.2 Å². The highest BCUT2D eigenvalue weighted by Gasteiger charge is 2.30. The minimum Gasteiger partial charge on any atom is -0.396 e. The third kappa shape index (κ3) is 3.69. The molecular formula is C14H26N2O2. The summed E-state index contributed by atoms with van der Waals surface area (Å²) in [5, 5.41) is 12.4. The van der Waals surface area contributed by atoms with Crippen molar-refractivity contribution in [1.82, 2.24) is 10.2 Å². The van der Waals surface area contributed by atoms with Crippen LogP contribution in [0.2, 0.25) is 0 Å². The van der Waals surface area contributed by atoms with Crippen LogP contribution in [0.1, 0.15) is 44.9 Å². The topological polar surface area (TPSA) is 52.6 Å². The lowest BCUT2D eigenvalue weighted by Gasteiger charge is -2.26. The number of rotatable bonds is 3. The number of aliphatic hydroxyl groups is 1. The Morgan fingerprint density at radius 3 is 2.89 bits per heavy atom. The molecule has 2 atom stereocenters. The molecule has 0 bridgehead atoms. The summed E-state index contributed by atoms with van der Waals surface area (Å²) in [6.07, 6.45) is 7.78. The summed E-state index contributed by atoms with van der Waals surface area (Å²) >= 11 is 0. The van der Waals surface area contributed by atoms with Gasteiger partial charge < -0.3 is 15.3 Å². The SMILES string of the molecule is O=C(C1CCCCCCN1)N1CCC(CCO)C1. The molecule has 0 saturated carbocycles. The molecule has 2 N–H and O–H groups in total. The molecule has 4 nitrogen and oxygen atoms in total. The number of aliphatic hydroxyl groups excluding tert-OH is 1. The normalized spacial score (nSPS) is 29.9. The number of likely N-dealkylation sites (tertiary alicyclic amines) is 1. The van der Waals surface area contributed by atoms with E-state index in [-0.39, 0.29) is 18.6 Å². The van der Waals surface area contributed by atoms with Gasteiger partial charge >= 0.3 is 0 Å². The molecule has 104 valence electrons. The van der Waals surface area contributed by atoms with Crippen LogP contribution < -0.4 is 5.32 Å². The first-order valence-electron chi connectivity index (χ1n) is 7.44. The van der Waals surface area contributed by atoms with Crippen molar-refractivity contribution in [3.05, 3.63) is 0 Å². The Hall–Kier alpha value is -0.610. The molecule has 0 aromatic carbocycles. The van der Waals surface area contributed by atoms with Gasteiger partial charge in [0.25, 0.3) is 0 Å². The summed E-state index contributed by atoms with van der Waals surface area (Å²) in [5.74, 6) is 0.796. The number of amides is 1. The van der Waals surface area contributed by atoms with Crippen molar-refractivity contribution in [1.29, 1.82) is 0 Å². The van der Waals surface area contributed by atoms with Gasteiger partial charge in [0.2, 0.25) is 5.91 Å². The molecule has 2 fully saturated rings. The smallest absolute Gasteiger partial charge is 0.239 e. The molecule has 18 heavy (non-hydrogen) atoms. The number of carbonyl (C=O) groups excluding carboxylic acids is 1. The van der Waals surface area contributed by atoms with Crippen molar-refractivity contribution in [3.8, 4) is 0 Å². The van der Waals surface area contributed by atoms with E-state index in [0.717, 1.165) is 45.3 Å². The second-order valence-electron chi connectivity index (χ2n) is 5.66. The van der Waals surface area contributed by atoms with Crippen LogP contribution in [-0.2, 0) is 4.79 Å². The van der Waals surface area contributed by atoms with E-state index in [1.165, 1.54) is 19.3 Å². The first-order chi connectivity index (χ1) is 8.81. The van der Waals surface area contributed by atoms with Crippen molar-refractivity contribution in [2.24, 2.45) is 5.92 Å². The molecule has 0 radical (unpaired) electrons. The van der Waals surface area contributed by atoms with E-state index in [4.69, 9.17) is 5.11 Å². The monoisotopic (exact) mass is 254 g/mol. The molecule has 1 amide bonds. The number of hydrogen-bond acceptors (Lipinski definition) is 3. The standard InChI is InChI=1S/C14H26N2O2/c17-10-7-12-6-9-16(11-12)14(18)13-5-3-1-2-4-8-15-13/h12-13,15,17H,1-11H2. The van der Waals surface area contributed by atoms with Crippen LogP contribution >= 0.6 is 0 Å². The molecule has 2 rings (SSSR count). The van der Waals surface area contributed by atoms with Gasteiger partial charge in [0.1, 0.15) is 0 Å². The van der Waals surface area contributed by atoms with Gasteiger partial charge in [0, 0.05) is 19.7 Å². The molecule has 0 spiro atoms. The fraction of sp³-hybridized carbons (Fsp3) is 0.929. The molecule has 0 aromatic rings. The molecule has 0 aliphatic carbocycles. The minimum atomic E-state index is 0.0400. The number of nitrogens with zero attached hydrogens (tertiary/aromatic N) is 1. The van der Waals surface area contributed by atoms with E-state index in [0.29, 0.717) is 5.92 Å². The van der Waals surface area contributed by atoms with Crippen molar-refractivity contribution >= 4 is 5.91 Å².